The van der Waals surface area contributed by atoms with E-state index in [1.54, 1.807) is 7.05 Å². The van der Waals surface area contributed by atoms with Gasteiger partial charge in [-0.1, -0.05) is 0 Å². The average Bonchev–Trinajstić information content (AvgIpc) is 1.85. The van der Waals surface area contributed by atoms with Crippen molar-refractivity contribution in [1.82, 2.24) is 15.0 Å². The molecule has 0 aliphatic rings. The summed E-state index contributed by atoms with van der Waals surface area (Å²) in [6, 6.07) is 0. The first-order valence-corrected chi connectivity index (χ1v) is 2.85. The van der Waals surface area contributed by atoms with Crippen molar-refractivity contribution < 1.29 is 0 Å². The summed E-state index contributed by atoms with van der Waals surface area (Å²) in [5.41, 5.74) is 10.5. The monoisotopic (exact) mass is 155 g/mol. The molecule has 6 N–H and O–H groups in total. The van der Waals surface area contributed by atoms with E-state index in [4.69, 9.17) is 17.3 Å². The predicted octanol–water partition coefficient (Wildman–Crippen LogP) is -1.65. The normalized spacial score (nSPS) is 9.64. The number of nitrogen functional groups attached to an aromatic ring is 2. The van der Waals surface area contributed by atoms with Crippen molar-refractivity contribution >= 4 is 17.8 Å². The van der Waals surface area contributed by atoms with Crippen molar-refractivity contribution in [3.05, 3.63) is 0 Å². The second-order valence-electron chi connectivity index (χ2n) is 1.96. The van der Waals surface area contributed by atoms with Crippen LogP contribution in [0.15, 0.2) is 0 Å². The summed E-state index contributed by atoms with van der Waals surface area (Å²) >= 11 is 0. The highest BCUT2D eigenvalue weighted by Crippen LogP contribution is 2.03. The van der Waals surface area contributed by atoms with Gasteiger partial charge in [0.05, 0.1) is 0 Å². The third kappa shape index (κ3) is 1.64. The number of nitrogens with zero attached hydrogens (tertiary/aromatic N) is 4. The molecule has 0 amide bonds. The molecule has 11 heavy (non-hydrogen) atoms. The van der Waals surface area contributed by atoms with E-state index >= 15 is 0 Å². The van der Waals surface area contributed by atoms with Crippen LogP contribution in [0.1, 0.15) is 0 Å². The molecule has 0 bridgehead atoms. The summed E-state index contributed by atoms with van der Waals surface area (Å²) < 4.78 is 0. The molecule has 1 aromatic heterocycles. The molecular formula is C4H9N7. The Morgan fingerprint density at radius 3 is 1.91 bits per heavy atom. The fourth-order valence-electron chi connectivity index (χ4n) is 0.555. The molecule has 0 aliphatic carbocycles. The van der Waals surface area contributed by atoms with Crippen LogP contribution < -0.4 is 22.3 Å². The minimum atomic E-state index is 0.0600. The smallest absolute Gasteiger partial charge is 0.246 e. The van der Waals surface area contributed by atoms with E-state index in [0.29, 0.717) is 0 Å². The Balaban J connectivity index is 3.08. The van der Waals surface area contributed by atoms with E-state index in [0.717, 1.165) is 0 Å². The summed E-state index contributed by atoms with van der Waals surface area (Å²) in [4.78, 5) is 11.0. The van der Waals surface area contributed by atoms with Crippen molar-refractivity contribution in [1.29, 1.82) is 0 Å². The second kappa shape index (κ2) is 2.54. The summed E-state index contributed by atoms with van der Waals surface area (Å²) in [5.74, 6) is 5.69. The van der Waals surface area contributed by atoms with Crippen molar-refractivity contribution in [3.63, 3.8) is 0 Å². The molecule has 0 fully saturated rings. The van der Waals surface area contributed by atoms with E-state index in [1.165, 1.54) is 5.01 Å². The lowest BCUT2D eigenvalue weighted by atomic mass is 10.8. The minimum Gasteiger partial charge on any atom is -0.368 e. The molecule has 60 valence electrons. The standard InChI is InChI=1S/C4H9N7/c1-11(7)4-9-2(5)8-3(6)10-4/h7H2,1H3,(H4,5,6,8,9,10). The minimum absolute atomic E-state index is 0.0600. The molecule has 1 heterocycles. The lowest BCUT2D eigenvalue weighted by Gasteiger charge is -2.08. The van der Waals surface area contributed by atoms with Gasteiger partial charge in [-0.3, -0.25) is 5.01 Å². The number of hydrazine groups is 1. The molecule has 0 spiro atoms. The van der Waals surface area contributed by atoms with Crippen molar-refractivity contribution in [2.45, 2.75) is 0 Å². The van der Waals surface area contributed by atoms with Crippen molar-refractivity contribution in [3.8, 4) is 0 Å². The van der Waals surface area contributed by atoms with Crippen LogP contribution >= 0.6 is 0 Å². The Bertz CT molecular complexity index is 236. The first-order chi connectivity index (χ1) is 5.09. The Morgan fingerprint density at radius 1 is 1.09 bits per heavy atom. The zero-order valence-corrected chi connectivity index (χ0v) is 6.02. The number of nitrogens with two attached hydrogens (primary N) is 3. The van der Waals surface area contributed by atoms with Gasteiger partial charge in [-0.25, -0.2) is 5.84 Å². The van der Waals surface area contributed by atoms with Crippen LogP contribution in [-0.4, -0.2) is 22.0 Å². The first kappa shape index (κ1) is 7.48. The van der Waals surface area contributed by atoms with E-state index in [9.17, 15) is 0 Å². The quantitative estimate of drug-likeness (QED) is 0.328. The van der Waals surface area contributed by atoms with Gasteiger partial charge in [-0.15, -0.1) is 0 Å². The Morgan fingerprint density at radius 2 is 1.55 bits per heavy atom. The summed E-state index contributed by atoms with van der Waals surface area (Å²) in [5, 5.41) is 1.20. The average molecular weight is 155 g/mol. The van der Waals surface area contributed by atoms with Crippen LogP contribution in [0.25, 0.3) is 0 Å². The summed E-state index contributed by atoms with van der Waals surface area (Å²) in [7, 11) is 1.58. The molecule has 1 rings (SSSR count). The Labute approximate surface area is 63.2 Å². The number of rotatable bonds is 1. The Kier molecular flexibility index (Phi) is 1.73. The van der Waals surface area contributed by atoms with Crippen LogP contribution in [0.3, 0.4) is 0 Å². The zero-order chi connectivity index (χ0) is 8.43. The predicted molar refractivity (Wildman–Crippen MR) is 41.2 cm³/mol. The highest BCUT2D eigenvalue weighted by Gasteiger charge is 2.02. The molecule has 0 saturated carbocycles. The first-order valence-electron chi connectivity index (χ1n) is 2.85. The zero-order valence-electron chi connectivity index (χ0n) is 6.02. The number of hydrogen-bond donors (Lipinski definition) is 3. The van der Waals surface area contributed by atoms with Crippen LogP contribution in [0.2, 0.25) is 0 Å². The van der Waals surface area contributed by atoms with Crippen molar-refractivity contribution in [2.24, 2.45) is 5.84 Å². The SMILES string of the molecule is CN(N)c1nc(N)nc(N)n1. The van der Waals surface area contributed by atoms with Crippen LogP contribution in [0.5, 0.6) is 0 Å². The van der Waals surface area contributed by atoms with Gasteiger partial charge in [-0.2, -0.15) is 15.0 Å². The lowest BCUT2D eigenvalue weighted by molar-refractivity contribution is 0.916. The topological polar surface area (TPSA) is 120 Å². The third-order valence-electron chi connectivity index (χ3n) is 0.974. The maximum absolute atomic E-state index is 5.32. The third-order valence-corrected chi connectivity index (χ3v) is 0.974. The van der Waals surface area contributed by atoms with Gasteiger partial charge in [0.1, 0.15) is 0 Å². The fourth-order valence-corrected chi connectivity index (χ4v) is 0.555. The maximum atomic E-state index is 5.32. The van der Waals surface area contributed by atoms with Gasteiger partial charge in [0.25, 0.3) is 0 Å². The van der Waals surface area contributed by atoms with E-state index in [2.05, 4.69) is 15.0 Å². The number of anilines is 3. The van der Waals surface area contributed by atoms with E-state index in [-0.39, 0.29) is 17.8 Å². The van der Waals surface area contributed by atoms with Crippen LogP contribution in [0.4, 0.5) is 17.8 Å². The van der Waals surface area contributed by atoms with Crippen molar-refractivity contribution in [2.75, 3.05) is 23.5 Å². The molecule has 0 aromatic carbocycles. The van der Waals surface area contributed by atoms with Gasteiger partial charge in [0, 0.05) is 7.05 Å². The lowest BCUT2D eigenvalue weighted by Crippen LogP contribution is -2.28. The largest absolute Gasteiger partial charge is 0.368 e. The molecule has 0 unspecified atom stereocenters. The molecular weight excluding hydrogens is 146 g/mol. The summed E-state index contributed by atoms with van der Waals surface area (Å²) in [6.45, 7) is 0. The van der Waals surface area contributed by atoms with Gasteiger partial charge < -0.3 is 11.5 Å². The van der Waals surface area contributed by atoms with Gasteiger partial charge in [0.2, 0.25) is 17.8 Å². The highest BCUT2D eigenvalue weighted by molar-refractivity contribution is 5.37. The molecule has 0 atom stereocenters. The molecule has 7 nitrogen and oxygen atoms in total. The van der Waals surface area contributed by atoms with Crippen LogP contribution in [-0.2, 0) is 0 Å². The second-order valence-corrected chi connectivity index (χ2v) is 1.96. The molecule has 0 aliphatic heterocycles. The molecule has 7 heteroatoms. The van der Waals surface area contributed by atoms with Gasteiger partial charge >= 0.3 is 0 Å². The maximum Gasteiger partial charge on any atom is 0.246 e. The van der Waals surface area contributed by atoms with E-state index < -0.39 is 0 Å². The molecule has 0 radical (unpaired) electrons. The van der Waals surface area contributed by atoms with Gasteiger partial charge in [-0.05, 0) is 0 Å². The fraction of sp³-hybridized carbons (Fsp3) is 0.250. The Hall–Kier alpha value is -1.63. The number of aromatic nitrogens is 3. The summed E-state index contributed by atoms with van der Waals surface area (Å²) in [6.07, 6.45) is 0. The number of hydrogen-bond acceptors (Lipinski definition) is 7. The molecule has 1 aromatic rings. The van der Waals surface area contributed by atoms with Gasteiger partial charge in [0.15, 0.2) is 0 Å². The highest BCUT2D eigenvalue weighted by atomic mass is 15.5. The van der Waals surface area contributed by atoms with E-state index in [1.807, 2.05) is 0 Å². The molecule has 0 saturated heterocycles. The van der Waals surface area contributed by atoms with Crippen LogP contribution in [0, 0.1) is 0 Å².